The van der Waals surface area contributed by atoms with Crippen LogP contribution in [-0.2, 0) is 42.6 Å². The van der Waals surface area contributed by atoms with Crippen LogP contribution in [-0.4, -0.2) is 61.8 Å². The molecular formula is C16H27O9P. The first kappa shape index (κ1) is 22.8. The molecule has 0 aromatic rings. The minimum Gasteiger partial charge on any atom is -0.463 e. The Kier molecular flexibility index (Phi) is 10.0. The fraction of sp³-hybridized carbons (Fsp3) is 0.812. The molecule has 1 rings (SSSR count). The molecule has 0 aromatic heterocycles. The van der Waals surface area contributed by atoms with Crippen LogP contribution in [0.3, 0.4) is 0 Å². The van der Waals surface area contributed by atoms with Crippen molar-refractivity contribution in [1.82, 2.24) is 0 Å². The molecule has 150 valence electrons. The van der Waals surface area contributed by atoms with Crippen LogP contribution < -0.4 is 0 Å². The summed E-state index contributed by atoms with van der Waals surface area (Å²) in [7, 11) is 2.03. The normalized spacial score (nSPS) is 28.3. The van der Waals surface area contributed by atoms with Gasteiger partial charge in [0.05, 0.1) is 0 Å². The molecule has 1 aliphatic rings. The number of carbonyl (C=O) groups excluding carboxylic acids is 3. The second-order valence-electron chi connectivity index (χ2n) is 5.82. The molecule has 1 aliphatic heterocycles. The third-order valence-corrected chi connectivity index (χ3v) is 3.86. The van der Waals surface area contributed by atoms with Gasteiger partial charge in [-0.25, -0.2) is 0 Å². The Morgan fingerprint density at radius 3 is 2.08 bits per heavy atom. The molecule has 0 N–H and O–H groups in total. The summed E-state index contributed by atoms with van der Waals surface area (Å²) in [5.41, 5.74) is 0. The molecule has 10 heteroatoms. The molecule has 0 bridgehead atoms. The van der Waals surface area contributed by atoms with E-state index in [-0.39, 0.29) is 6.61 Å². The smallest absolute Gasteiger partial charge is 0.303 e. The monoisotopic (exact) mass is 394 g/mol. The molecule has 0 saturated carbocycles. The maximum atomic E-state index is 11.6. The molecule has 0 aliphatic carbocycles. The molecule has 9 nitrogen and oxygen atoms in total. The van der Waals surface area contributed by atoms with E-state index in [1.54, 1.807) is 0 Å². The minimum atomic E-state index is -0.997. The molecule has 0 spiro atoms. The fourth-order valence-electron chi connectivity index (χ4n) is 2.53. The second-order valence-corrected chi connectivity index (χ2v) is 6.09. The van der Waals surface area contributed by atoms with Crippen molar-refractivity contribution in [2.75, 3.05) is 13.2 Å². The SMILES string of the molecule is CCCCO[C@@H]1[C@H](OC(C)=O)[C@@H](OP)O[C@H](COC(C)=O)[C@H]1OC(C)=O. The van der Waals surface area contributed by atoms with E-state index < -0.39 is 48.6 Å². The first-order valence-electron chi connectivity index (χ1n) is 8.40. The van der Waals surface area contributed by atoms with Gasteiger partial charge in [0, 0.05) is 36.8 Å². The summed E-state index contributed by atoms with van der Waals surface area (Å²) in [6.45, 7) is 5.93. The number of hydrogen-bond donors (Lipinski definition) is 0. The van der Waals surface area contributed by atoms with E-state index >= 15 is 0 Å². The van der Waals surface area contributed by atoms with Gasteiger partial charge in [-0.15, -0.1) is 0 Å². The number of carbonyl (C=O) groups is 3. The average molecular weight is 394 g/mol. The summed E-state index contributed by atoms with van der Waals surface area (Å²) in [5, 5.41) is 0. The quantitative estimate of drug-likeness (QED) is 0.246. The molecule has 26 heavy (non-hydrogen) atoms. The van der Waals surface area contributed by atoms with E-state index in [1.165, 1.54) is 20.8 Å². The molecular weight excluding hydrogens is 367 g/mol. The second kappa shape index (κ2) is 11.4. The van der Waals surface area contributed by atoms with Crippen molar-refractivity contribution in [3.63, 3.8) is 0 Å². The lowest BCUT2D eigenvalue weighted by atomic mass is 9.98. The van der Waals surface area contributed by atoms with Crippen molar-refractivity contribution in [2.45, 2.75) is 71.2 Å². The highest BCUT2D eigenvalue weighted by atomic mass is 31.0. The molecule has 1 unspecified atom stereocenters. The van der Waals surface area contributed by atoms with Crippen molar-refractivity contribution in [2.24, 2.45) is 0 Å². The summed E-state index contributed by atoms with van der Waals surface area (Å²) in [6, 6.07) is 0. The third kappa shape index (κ3) is 7.15. The van der Waals surface area contributed by atoms with Crippen LogP contribution in [0, 0.1) is 0 Å². The lowest BCUT2D eigenvalue weighted by molar-refractivity contribution is -0.290. The Bertz CT molecular complexity index is 484. The standard InChI is InChI=1S/C16H27O9P/c1-5-6-7-20-14-13(22-10(3)18)12(8-21-9(2)17)24-16(25-26)15(14)23-11(4)19/h12-16H,5-8,26H2,1-4H3/t12-,13-,14+,15+,16-/m1/s1. The number of ether oxygens (including phenoxy) is 5. The van der Waals surface area contributed by atoms with Crippen LogP contribution in [0.1, 0.15) is 40.5 Å². The van der Waals surface area contributed by atoms with Gasteiger partial charge in [0.25, 0.3) is 0 Å². The van der Waals surface area contributed by atoms with E-state index in [0.29, 0.717) is 6.61 Å². The van der Waals surface area contributed by atoms with Gasteiger partial charge in [-0.3, -0.25) is 14.4 Å². The highest BCUT2D eigenvalue weighted by Crippen LogP contribution is 2.30. The summed E-state index contributed by atoms with van der Waals surface area (Å²) in [5.74, 6) is -1.64. The maximum absolute atomic E-state index is 11.6. The van der Waals surface area contributed by atoms with Gasteiger partial charge in [0.1, 0.15) is 18.8 Å². The Morgan fingerprint density at radius 2 is 1.58 bits per heavy atom. The summed E-state index contributed by atoms with van der Waals surface area (Å²) < 4.78 is 32.4. The van der Waals surface area contributed by atoms with Crippen molar-refractivity contribution < 1.29 is 42.6 Å². The summed E-state index contributed by atoms with van der Waals surface area (Å²) >= 11 is 0. The highest BCUT2D eigenvalue weighted by molar-refractivity contribution is 7.09. The van der Waals surface area contributed by atoms with Crippen LogP contribution in [0.4, 0.5) is 0 Å². The zero-order valence-electron chi connectivity index (χ0n) is 15.5. The zero-order valence-corrected chi connectivity index (χ0v) is 16.6. The fourth-order valence-corrected chi connectivity index (χ4v) is 2.74. The van der Waals surface area contributed by atoms with Gasteiger partial charge in [0.2, 0.25) is 6.29 Å². The zero-order chi connectivity index (χ0) is 19.7. The third-order valence-electron chi connectivity index (χ3n) is 3.59. The Labute approximate surface area is 155 Å². The maximum Gasteiger partial charge on any atom is 0.303 e. The van der Waals surface area contributed by atoms with E-state index in [2.05, 4.69) is 0 Å². The predicted molar refractivity (Wildman–Crippen MR) is 91.8 cm³/mol. The van der Waals surface area contributed by atoms with Gasteiger partial charge in [-0.05, 0) is 6.42 Å². The molecule has 1 heterocycles. The van der Waals surface area contributed by atoms with E-state index in [4.69, 9.17) is 28.2 Å². The number of hydrogen-bond acceptors (Lipinski definition) is 9. The van der Waals surface area contributed by atoms with E-state index in [9.17, 15) is 14.4 Å². The highest BCUT2D eigenvalue weighted by Gasteiger charge is 2.51. The topological polar surface area (TPSA) is 107 Å². The lowest BCUT2D eigenvalue weighted by Crippen LogP contribution is -2.62. The lowest BCUT2D eigenvalue weighted by Gasteiger charge is -2.44. The van der Waals surface area contributed by atoms with Crippen LogP contribution >= 0.6 is 9.47 Å². The minimum absolute atomic E-state index is 0.168. The van der Waals surface area contributed by atoms with Crippen LogP contribution in [0.25, 0.3) is 0 Å². The predicted octanol–water partition coefficient (Wildman–Crippen LogP) is 1.13. The van der Waals surface area contributed by atoms with Crippen molar-refractivity contribution in [3.8, 4) is 0 Å². The van der Waals surface area contributed by atoms with Gasteiger partial charge < -0.3 is 28.2 Å². The van der Waals surface area contributed by atoms with E-state index in [0.717, 1.165) is 12.8 Å². The van der Waals surface area contributed by atoms with Crippen molar-refractivity contribution in [3.05, 3.63) is 0 Å². The van der Waals surface area contributed by atoms with Gasteiger partial charge >= 0.3 is 17.9 Å². The Balaban J connectivity index is 3.10. The molecule has 0 amide bonds. The van der Waals surface area contributed by atoms with Crippen LogP contribution in [0.15, 0.2) is 0 Å². The number of esters is 3. The first-order valence-corrected chi connectivity index (χ1v) is 8.87. The van der Waals surface area contributed by atoms with Crippen LogP contribution in [0.2, 0.25) is 0 Å². The number of unbranched alkanes of at least 4 members (excludes halogenated alkanes) is 1. The molecule has 6 atom stereocenters. The molecule has 1 saturated heterocycles. The van der Waals surface area contributed by atoms with Crippen molar-refractivity contribution >= 4 is 27.4 Å². The largest absolute Gasteiger partial charge is 0.463 e. The Morgan fingerprint density at radius 1 is 0.962 bits per heavy atom. The summed E-state index contributed by atoms with van der Waals surface area (Å²) in [6.07, 6.45) is -2.92. The number of rotatable bonds is 9. The Hall–Kier alpha value is -1.28. The molecule has 1 fully saturated rings. The van der Waals surface area contributed by atoms with Crippen LogP contribution in [0.5, 0.6) is 0 Å². The van der Waals surface area contributed by atoms with Gasteiger partial charge in [-0.1, -0.05) is 13.3 Å². The molecule has 0 aromatic carbocycles. The molecule has 0 radical (unpaired) electrons. The average Bonchev–Trinajstić information content (AvgIpc) is 2.55. The van der Waals surface area contributed by atoms with Gasteiger partial charge in [0.15, 0.2) is 12.2 Å². The van der Waals surface area contributed by atoms with Crippen molar-refractivity contribution in [1.29, 1.82) is 0 Å². The van der Waals surface area contributed by atoms with Gasteiger partial charge in [-0.2, -0.15) is 0 Å². The van der Waals surface area contributed by atoms with E-state index in [1.807, 2.05) is 16.4 Å². The summed E-state index contributed by atoms with van der Waals surface area (Å²) in [4.78, 5) is 34.2. The first-order chi connectivity index (χ1) is 12.3.